The lowest BCUT2D eigenvalue weighted by atomic mass is 10.2. The van der Waals surface area contributed by atoms with E-state index in [9.17, 15) is 14.4 Å². The van der Waals surface area contributed by atoms with Crippen LogP contribution in [0, 0.1) is 0 Å². The molecule has 0 rings (SSSR count). The number of ketones is 1. The Bertz CT molecular complexity index is 255. The van der Waals surface area contributed by atoms with E-state index in [2.05, 4.69) is 5.32 Å². The Kier molecular flexibility index (Phi) is 6.72. The zero-order chi connectivity index (χ0) is 11.8. The number of carboxylic acids is 2. The second kappa shape index (κ2) is 7.24. The highest BCUT2D eigenvalue weighted by molar-refractivity contribution is 7.98. The third-order valence-electron chi connectivity index (χ3n) is 1.66. The van der Waals surface area contributed by atoms with Crippen LogP contribution in [0.25, 0.3) is 0 Å². The minimum Gasteiger partial charge on any atom is -0.480 e. The Morgan fingerprint density at radius 1 is 1.33 bits per heavy atom. The lowest BCUT2D eigenvalue weighted by Crippen LogP contribution is -2.41. The molecule has 0 aliphatic carbocycles. The fourth-order valence-corrected chi connectivity index (χ4v) is 1.31. The van der Waals surface area contributed by atoms with Gasteiger partial charge in [-0.3, -0.25) is 14.9 Å². The summed E-state index contributed by atoms with van der Waals surface area (Å²) in [7, 11) is 0. The number of aliphatic carboxylic acids is 2. The molecule has 0 amide bonds. The van der Waals surface area contributed by atoms with Crippen molar-refractivity contribution in [3.05, 3.63) is 0 Å². The van der Waals surface area contributed by atoms with E-state index in [0.29, 0.717) is 12.2 Å². The molecule has 1 atom stereocenters. The first kappa shape index (κ1) is 13.9. The summed E-state index contributed by atoms with van der Waals surface area (Å²) in [6.45, 7) is -0.458. The number of hydrogen-bond donors (Lipinski definition) is 3. The van der Waals surface area contributed by atoms with Crippen LogP contribution in [0.5, 0.6) is 0 Å². The standard InChI is InChI=1S/C8H13NO5S/c1-15-3-2-5(7(11)12)9-4-6(10)8(13)14/h5,9H,2-4H2,1H3,(H,11,12)(H,13,14)/t5-/m1/s1. The van der Waals surface area contributed by atoms with Gasteiger partial charge in [-0.1, -0.05) is 0 Å². The van der Waals surface area contributed by atoms with E-state index in [1.807, 2.05) is 6.26 Å². The van der Waals surface area contributed by atoms with Crippen molar-refractivity contribution in [3.8, 4) is 0 Å². The normalized spacial score (nSPS) is 12.1. The first-order chi connectivity index (χ1) is 6.99. The Labute approximate surface area is 91.0 Å². The monoisotopic (exact) mass is 235 g/mol. The predicted octanol–water partition coefficient (Wildman–Crippen LogP) is -0.564. The highest BCUT2D eigenvalue weighted by atomic mass is 32.2. The van der Waals surface area contributed by atoms with Gasteiger partial charge >= 0.3 is 11.9 Å². The average Bonchev–Trinajstić information content (AvgIpc) is 2.16. The molecular weight excluding hydrogens is 222 g/mol. The van der Waals surface area contributed by atoms with Crippen molar-refractivity contribution in [2.75, 3.05) is 18.6 Å². The maximum absolute atomic E-state index is 10.7. The second-order valence-electron chi connectivity index (χ2n) is 2.78. The van der Waals surface area contributed by atoms with Gasteiger partial charge in [-0.2, -0.15) is 11.8 Å². The molecule has 0 aromatic carbocycles. The molecule has 0 bridgehead atoms. The molecule has 0 spiro atoms. The molecule has 0 fully saturated rings. The van der Waals surface area contributed by atoms with Crippen molar-refractivity contribution < 1.29 is 24.6 Å². The Hall–Kier alpha value is -1.08. The van der Waals surface area contributed by atoms with Gasteiger partial charge < -0.3 is 10.2 Å². The summed E-state index contributed by atoms with van der Waals surface area (Å²) >= 11 is 1.48. The van der Waals surface area contributed by atoms with Crippen molar-refractivity contribution in [2.45, 2.75) is 12.5 Å². The zero-order valence-corrected chi connectivity index (χ0v) is 9.04. The summed E-state index contributed by atoms with van der Waals surface area (Å²) in [6.07, 6.45) is 2.19. The topological polar surface area (TPSA) is 104 Å². The molecule has 86 valence electrons. The van der Waals surface area contributed by atoms with Gasteiger partial charge in [-0.05, 0) is 18.4 Å². The number of carbonyl (C=O) groups excluding carboxylic acids is 1. The number of nitrogens with one attached hydrogen (secondary N) is 1. The summed E-state index contributed by atoms with van der Waals surface area (Å²) < 4.78 is 0. The van der Waals surface area contributed by atoms with E-state index in [4.69, 9.17) is 10.2 Å². The Balaban J connectivity index is 4.01. The molecule has 0 aromatic heterocycles. The van der Waals surface area contributed by atoms with Gasteiger partial charge in [-0.25, -0.2) is 4.79 Å². The van der Waals surface area contributed by atoms with Gasteiger partial charge in [0.15, 0.2) is 0 Å². The van der Waals surface area contributed by atoms with E-state index in [-0.39, 0.29) is 0 Å². The van der Waals surface area contributed by atoms with Crippen molar-refractivity contribution >= 4 is 29.5 Å². The Morgan fingerprint density at radius 3 is 2.33 bits per heavy atom. The summed E-state index contributed by atoms with van der Waals surface area (Å²) in [5.41, 5.74) is 0. The second-order valence-corrected chi connectivity index (χ2v) is 3.77. The maximum atomic E-state index is 10.7. The molecule has 0 saturated heterocycles. The highest BCUT2D eigenvalue weighted by Crippen LogP contribution is 2.00. The number of thioether (sulfide) groups is 1. The van der Waals surface area contributed by atoms with E-state index in [1.165, 1.54) is 11.8 Å². The first-order valence-electron chi connectivity index (χ1n) is 4.20. The lowest BCUT2D eigenvalue weighted by Gasteiger charge is -2.11. The molecule has 0 unspecified atom stereocenters. The number of rotatable bonds is 8. The van der Waals surface area contributed by atoms with Crippen LogP contribution in [-0.4, -0.2) is 52.5 Å². The average molecular weight is 235 g/mol. The van der Waals surface area contributed by atoms with Gasteiger partial charge in [0.1, 0.15) is 6.04 Å². The summed E-state index contributed by atoms with van der Waals surface area (Å²) in [6, 6.07) is -0.874. The van der Waals surface area contributed by atoms with Crippen LogP contribution >= 0.6 is 11.8 Å². The largest absolute Gasteiger partial charge is 0.480 e. The smallest absolute Gasteiger partial charge is 0.373 e. The minimum atomic E-state index is -1.56. The number of hydrogen-bond acceptors (Lipinski definition) is 5. The van der Waals surface area contributed by atoms with Crippen molar-refractivity contribution in [1.29, 1.82) is 0 Å². The summed E-state index contributed by atoms with van der Waals surface area (Å²) in [4.78, 5) is 31.5. The van der Waals surface area contributed by atoms with Crippen LogP contribution < -0.4 is 5.32 Å². The number of Topliss-reactive ketones (excluding diaryl/α,β-unsaturated/α-hetero) is 1. The number of carboxylic acid groups (broad SMARTS) is 2. The van der Waals surface area contributed by atoms with Crippen LogP contribution in [0.2, 0.25) is 0 Å². The van der Waals surface area contributed by atoms with Gasteiger partial charge in [0.2, 0.25) is 0 Å². The van der Waals surface area contributed by atoms with Gasteiger partial charge in [0.05, 0.1) is 6.54 Å². The van der Waals surface area contributed by atoms with Gasteiger partial charge in [-0.15, -0.1) is 0 Å². The fourth-order valence-electron chi connectivity index (χ4n) is 0.840. The molecule has 6 nitrogen and oxygen atoms in total. The molecule has 0 heterocycles. The maximum Gasteiger partial charge on any atom is 0.373 e. The molecule has 7 heteroatoms. The lowest BCUT2D eigenvalue weighted by molar-refractivity contribution is -0.149. The molecule has 15 heavy (non-hydrogen) atoms. The third-order valence-corrected chi connectivity index (χ3v) is 2.30. The first-order valence-corrected chi connectivity index (χ1v) is 5.59. The molecular formula is C8H13NO5S. The van der Waals surface area contributed by atoms with Crippen LogP contribution in [0.15, 0.2) is 0 Å². The molecule has 0 aliphatic heterocycles. The van der Waals surface area contributed by atoms with E-state index in [0.717, 1.165) is 0 Å². The molecule has 0 saturated carbocycles. The van der Waals surface area contributed by atoms with Crippen LogP contribution in [0.4, 0.5) is 0 Å². The quantitative estimate of drug-likeness (QED) is 0.484. The van der Waals surface area contributed by atoms with Crippen LogP contribution in [-0.2, 0) is 14.4 Å². The predicted molar refractivity (Wildman–Crippen MR) is 55.1 cm³/mol. The minimum absolute atomic E-state index is 0.351. The van der Waals surface area contributed by atoms with Gasteiger partial charge in [0, 0.05) is 0 Å². The van der Waals surface area contributed by atoms with E-state index in [1.54, 1.807) is 0 Å². The third kappa shape index (κ3) is 6.08. The van der Waals surface area contributed by atoms with Crippen molar-refractivity contribution in [3.63, 3.8) is 0 Å². The summed E-state index contributed by atoms with van der Waals surface area (Å²) in [5.74, 6) is -3.05. The highest BCUT2D eigenvalue weighted by Gasteiger charge is 2.19. The fraction of sp³-hybridized carbons (Fsp3) is 0.625. The van der Waals surface area contributed by atoms with E-state index < -0.39 is 30.3 Å². The molecule has 0 radical (unpaired) electrons. The Morgan fingerprint density at radius 2 is 1.93 bits per heavy atom. The SMILES string of the molecule is CSCC[C@@H](NCC(=O)C(=O)O)C(=O)O. The van der Waals surface area contributed by atoms with Crippen molar-refractivity contribution in [2.24, 2.45) is 0 Å². The van der Waals surface area contributed by atoms with Crippen LogP contribution in [0.3, 0.4) is 0 Å². The number of carbonyl (C=O) groups is 3. The zero-order valence-electron chi connectivity index (χ0n) is 8.23. The van der Waals surface area contributed by atoms with Crippen LogP contribution in [0.1, 0.15) is 6.42 Å². The van der Waals surface area contributed by atoms with E-state index >= 15 is 0 Å². The molecule has 0 aromatic rings. The summed E-state index contributed by atoms with van der Waals surface area (Å²) in [5, 5.41) is 19.4. The molecule has 3 N–H and O–H groups in total. The van der Waals surface area contributed by atoms with Gasteiger partial charge in [0.25, 0.3) is 5.78 Å². The molecule has 0 aliphatic rings. The van der Waals surface area contributed by atoms with Crippen molar-refractivity contribution in [1.82, 2.24) is 5.32 Å².